The second kappa shape index (κ2) is 12.0. The molecule has 1 N–H and O–H groups in total. The molecule has 0 saturated heterocycles. The average molecular weight is 474 g/mol. The summed E-state index contributed by atoms with van der Waals surface area (Å²) in [6.45, 7) is 2.52. The van der Waals surface area contributed by atoms with Crippen LogP contribution in [0.15, 0.2) is 46.8 Å². The van der Waals surface area contributed by atoms with Gasteiger partial charge in [0.15, 0.2) is 0 Å². The number of non-ortho nitro benzene ring substituents is 1. The zero-order chi connectivity index (χ0) is 25.3. The molecule has 34 heavy (non-hydrogen) atoms. The molecule has 1 atom stereocenters. The molecule has 0 radical (unpaired) electrons. The maximum Gasteiger partial charge on any atom is 0.336 e. The van der Waals surface area contributed by atoms with Gasteiger partial charge in [-0.25, -0.2) is 9.59 Å². The van der Waals surface area contributed by atoms with Crippen molar-refractivity contribution in [1.29, 1.82) is 5.26 Å². The van der Waals surface area contributed by atoms with E-state index in [-0.39, 0.29) is 55.1 Å². The summed E-state index contributed by atoms with van der Waals surface area (Å²) in [5.74, 6) is -2.68. The van der Waals surface area contributed by atoms with Gasteiger partial charge < -0.3 is 19.6 Å². The van der Waals surface area contributed by atoms with Gasteiger partial charge in [-0.2, -0.15) is 5.26 Å². The van der Waals surface area contributed by atoms with Crippen LogP contribution in [0, 0.1) is 31.6 Å². The maximum absolute atomic E-state index is 13.0. The van der Waals surface area contributed by atoms with E-state index in [0.29, 0.717) is 11.4 Å². The highest BCUT2D eigenvalue weighted by Crippen LogP contribution is 2.40. The molecule has 0 saturated carbocycles. The highest BCUT2D eigenvalue weighted by molar-refractivity contribution is 6.00. The monoisotopic (exact) mass is 474 g/mol. The van der Waals surface area contributed by atoms with Crippen molar-refractivity contribution >= 4 is 17.6 Å². The fourth-order valence-electron chi connectivity index (χ4n) is 3.39. The summed E-state index contributed by atoms with van der Waals surface area (Å²) in [6.07, 6.45) is 0.00876. The number of nitrogens with zero attached hydrogens (tertiary/aromatic N) is 3. The summed E-state index contributed by atoms with van der Waals surface area (Å²) in [7, 11) is 0. The second-order valence-corrected chi connectivity index (χ2v) is 7.08. The van der Waals surface area contributed by atoms with Crippen LogP contribution in [0.1, 0.15) is 38.2 Å². The number of hydrogen-bond donors (Lipinski definition) is 1. The topological polar surface area (TPSA) is 184 Å². The van der Waals surface area contributed by atoms with E-state index in [4.69, 9.17) is 14.7 Å². The van der Waals surface area contributed by atoms with Gasteiger partial charge >= 0.3 is 11.9 Å². The summed E-state index contributed by atoms with van der Waals surface area (Å²) in [6, 6.07) is 7.34. The number of carbonyl (C=O) groups is 2. The summed E-state index contributed by atoms with van der Waals surface area (Å²) in [5, 5.41) is 32.2. The molecule has 1 aromatic rings. The number of nitriles is 1. The van der Waals surface area contributed by atoms with E-state index >= 15 is 0 Å². The third-order valence-corrected chi connectivity index (χ3v) is 4.78. The molecule has 0 amide bonds. The molecule has 0 aliphatic carbocycles. The standard InChI is InChI=1S/C21H22N4O9/c1-13-17(20(26)32-9-4-8-22)19(15-6-3-7-16(12-15)24(28)29)18(14(2)23-13)21(27)33-10-5-11-34-25(30)31/h3,6-7,12,19,23H,4-5,9-11H2,1-2H3. The zero-order valence-electron chi connectivity index (χ0n) is 18.4. The molecule has 0 aromatic heterocycles. The minimum Gasteiger partial charge on any atom is -0.462 e. The van der Waals surface area contributed by atoms with E-state index in [1.807, 2.05) is 6.07 Å². The Morgan fingerprint density at radius 1 is 1.06 bits per heavy atom. The minimum absolute atomic E-state index is 0.0218. The number of esters is 2. The molecular weight excluding hydrogens is 452 g/mol. The Kier molecular flexibility index (Phi) is 9.07. The number of nitro benzene ring substituents is 1. The Labute approximate surface area is 193 Å². The lowest BCUT2D eigenvalue weighted by molar-refractivity contribution is -0.757. The maximum atomic E-state index is 13.0. The van der Waals surface area contributed by atoms with Crippen LogP contribution < -0.4 is 5.32 Å². The molecule has 13 nitrogen and oxygen atoms in total. The number of hydrogen-bond acceptors (Lipinski definition) is 11. The zero-order valence-corrected chi connectivity index (χ0v) is 18.4. The van der Waals surface area contributed by atoms with E-state index < -0.39 is 27.9 Å². The third-order valence-electron chi connectivity index (χ3n) is 4.78. The molecule has 0 bridgehead atoms. The molecule has 13 heteroatoms. The number of dihydropyridines is 1. The summed E-state index contributed by atoms with van der Waals surface area (Å²) < 4.78 is 10.4. The molecule has 1 aliphatic rings. The highest BCUT2D eigenvalue weighted by Gasteiger charge is 2.38. The van der Waals surface area contributed by atoms with Crippen LogP contribution in [0.5, 0.6) is 0 Å². The average Bonchev–Trinajstić information content (AvgIpc) is 2.78. The first-order valence-electron chi connectivity index (χ1n) is 10.1. The molecule has 1 unspecified atom stereocenters. The first-order valence-corrected chi connectivity index (χ1v) is 10.1. The lowest BCUT2D eigenvalue weighted by Crippen LogP contribution is -2.32. The van der Waals surface area contributed by atoms with Crippen molar-refractivity contribution in [2.75, 3.05) is 19.8 Å². The van der Waals surface area contributed by atoms with Gasteiger partial charge in [-0.1, -0.05) is 12.1 Å². The molecule has 0 spiro atoms. The predicted molar refractivity (Wildman–Crippen MR) is 114 cm³/mol. The first kappa shape index (κ1) is 25.8. The van der Waals surface area contributed by atoms with Gasteiger partial charge in [-0.3, -0.25) is 10.1 Å². The summed E-state index contributed by atoms with van der Waals surface area (Å²) >= 11 is 0. The van der Waals surface area contributed by atoms with Crippen LogP contribution in [0.2, 0.25) is 0 Å². The predicted octanol–water partition coefficient (Wildman–Crippen LogP) is 2.43. The van der Waals surface area contributed by atoms with Crippen LogP contribution in [0.3, 0.4) is 0 Å². The SMILES string of the molecule is CC1=C(C(=O)OCCC#N)C(c2cccc([N+](=O)[O-])c2)C(C(=O)OCCCO[N+](=O)[O-])=C(C)N1. The highest BCUT2D eigenvalue weighted by atomic mass is 16.9. The quantitative estimate of drug-likeness (QED) is 0.215. The number of rotatable bonds is 11. The number of ether oxygens (including phenoxy) is 2. The summed E-state index contributed by atoms with van der Waals surface area (Å²) in [4.78, 5) is 51.0. The van der Waals surface area contributed by atoms with Gasteiger partial charge in [0.2, 0.25) is 0 Å². The van der Waals surface area contributed by atoms with E-state index in [0.717, 1.165) is 0 Å². The Morgan fingerprint density at radius 3 is 2.24 bits per heavy atom. The van der Waals surface area contributed by atoms with Gasteiger partial charge in [-0.15, -0.1) is 10.1 Å². The number of nitro groups is 1. The van der Waals surface area contributed by atoms with Crippen molar-refractivity contribution in [2.24, 2.45) is 0 Å². The normalized spacial score (nSPS) is 15.1. The molecule has 0 fully saturated rings. The van der Waals surface area contributed by atoms with Gasteiger partial charge in [0.1, 0.15) is 6.61 Å². The fourth-order valence-corrected chi connectivity index (χ4v) is 3.39. The van der Waals surface area contributed by atoms with Crippen molar-refractivity contribution in [3.63, 3.8) is 0 Å². The number of nitrogens with one attached hydrogen (secondary N) is 1. The van der Waals surface area contributed by atoms with Crippen LogP contribution in [-0.4, -0.2) is 41.8 Å². The molecule has 1 aromatic carbocycles. The van der Waals surface area contributed by atoms with Crippen LogP contribution in [-0.2, 0) is 23.9 Å². The van der Waals surface area contributed by atoms with Crippen LogP contribution in [0.25, 0.3) is 0 Å². The Bertz CT molecular complexity index is 1090. The molecular formula is C21H22N4O9. The van der Waals surface area contributed by atoms with Crippen molar-refractivity contribution in [3.8, 4) is 6.07 Å². The molecule has 1 heterocycles. The third kappa shape index (κ3) is 6.52. The summed E-state index contributed by atoms with van der Waals surface area (Å²) in [5.41, 5.74) is 0.820. The number of allylic oxidation sites excluding steroid dienone is 2. The lowest BCUT2D eigenvalue weighted by Gasteiger charge is -2.30. The first-order chi connectivity index (χ1) is 16.2. The van der Waals surface area contributed by atoms with Crippen molar-refractivity contribution in [1.82, 2.24) is 5.32 Å². The molecule has 1 aliphatic heterocycles. The van der Waals surface area contributed by atoms with Gasteiger partial charge in [0.25, 0.3) is 10.8 Å². The van der Waals surface area contributed by atoms with Crippen molar-refractivity contribution < 1.29 is 33.9 Å². The second-order valence-electron chi connectivity index (χ2n) is 7.08. The largest absolute Gasteiger partial charge is 0.462 e. The van der Waals surface area contributed by atoms with Crippen LogP contribution in [0.4, 0.5) is 5.69 Å². The lowest BCUT2D eigenvalue weighted by atomic mass is 9.80. The molecule has 180 valence electrons. The van der Waals surface area contributed by atoms with Crippen molar-refractivity contribution in [3.05, 3.63) is 72.6 Å². The van der Waals surface area contributed by atoms with Gasteiger partial charge in [0.05, 0.1) is 47.7 Å². The number of benzene rings is 1. The van der Waals surface area contributed by atoms with Gasteiger partial charge in [0, 0.05) is 29.9 Å². The Morgan fingerprint density at radius 2 is 1.68 bits per heavy atom. The fraction of sp³-hybridized carbons (Fsp3) is 0.381. The van der Waals surface area contributed by atoms with E-state index in [9.17, 15) is 29.8 Å². The van der Waals surface area contributed by atoms with E-state index in [1.54, 1.807) is 13.8 Å². The number of carbonyl (C=O) groups excluding carboxylic acids is 2. The van der Waals surface area contributed by atoms with E-state index in [2.05, 4.69) is 10.2 Å². The minimum atomic E-state index is -1.06. The molecule has 2 rings (SSSR count). The van der Waals surface area contributed by atoms with E-state index in [1.165, 1.54) is 24.3 Å². The van der Waals surface area contributed by atoms with Gasteiger partial charge in [-0.05, 0) is 19.4 Å². The Balaban J connectivity index is 2.42. The Hall–Kier alpha value is -4.47. The van der Waals surface area contributed by atoms with Crippen molar-refractivity contribution in [2.45, 2.75) is 32.6 Å². The smallest absolute Gasteiger partial charge is 0.336 e. The van der Waals surface area contributed by atoms with Crippen LogP contribution >= 0.6 is 0 Å².